The molecule has 0 N–H and O–H groups in total. The van der Waals surface area contributed by atoms with Gasteiger partial charge in [0.1, 0.15) is 18.1 Å². The molecule has 0 amide bonds. The van der Waals surface area contributed by atoms with Crippen molar-refractivity contribution in [3.05, 3.63) is 53.6 Å². The second-order valence-corrected chi connectivity index (χ2v) is 3.79. The third-order valence-corrected chi connectivity index (χ3v) is 2.50. The lowest BCUT2D eigenvalue weighted by molar-refractivity contribution is 0.111. The van der Waals surface area contributed by atoms with E-state index in [2.05, 4.69) is 4.98 Å². The summed E-state index contributed by atoms with van der Waals surface area (Å²) in [6.45, 7) is 0.263. The second-order valence-electron chi connectivity index (χ2n) is 3.79. The maximum absolute atomic E-state index is 12.7. The first-order chi connectivity index (χ1) is 9.22. The standard InChI is InChI=1S/C14H12FNO3/c1-18-13-6-12(8-17)16-7-14(13)19-9-10-2-4-11(15)5-3-10/h2-8H,9H2,1H3. The van der Waals surface area contributed by atoms with Crippen LogP contribution in [0, 0.1) is 5.82 Å². The van der Waals surface area contributed by atoms with E-state index in [1.54, 1.807) is 12.1 Å². The van der Waals surface area contributed by atoms with E-state index in [0.29, 0.717) is 17.8 Å². The van der Waals surface area contributed by atoms with Crippen molar-refractivity contribution in [2.45, 2.75) is 6.61 Å². The van der Waals surface area contributed by atoms with E-state index in [4.69, 9.17) is 9.47 Å². The molecule has 0 atom stereocenters. The van der Waals surface area contributed by atoms with Crippen molar-refractivity contribution in [1.29, 1.82) is 0 Å². The Morgan fingerprint density at radius 1 is 1.26 bits per heavy atom. The minimum atomic E-state index is -0.293. The van der Waals surface area contributed by atoms with Crippen LogP contribution in [0.1, 0.15) is 16.1 Å². The maximum Gasteiger partial charge on any atom is 0.179 e. The van der Waals surface area contributed by atoms with Gasteiger partial charge in [-0.15, -0.1) is 0 Å². The van der Waals surface area contributed by atoms with Crippen LogP contribution < -0.4 is 9.47 Å². The minimum Gasteiger partial charge on any atom is -0.493 e. The molecule has 4 nitrogen and oxygen atoms in total. The molecule has 0 unspecified atom stereocenters. The van der Waals surface area contributed by atoms with Gasteiger partial charge in [0.25, 0.3) is 0 Å². The number of aldehydes is 1. The zero-order valence-corrected chi connectivity index (χ0v) is 10.3. The molecular formula is C14H12FNO3. The number of methoxy groups -OCH3 is 1. The van der Waals surface area contributed by atoms with Crippen LogP contribution in [0.2, 0.25) is 0 Å². The number of hydrogen-bond acceptors (Lipinski definition) is 4. The highest BCUT2D eigenvalue weighted by Gasteiger charge is 2.07. The molecule has 98 valence electrons. The maximum atomic E-state index is 12.7. The van der Waals surface area contributed by atoms with Crippen LogP contribution in [-0.2, 0) is 6.61 Å². The summed E-state index contributed by atoms with van der Waals surface area (Å²) in [5, 5.41) is 0. The first-order valence-corrected chi connectivity index (χ1v) is 5.59. The first kappa shape index (κ1) is 13.0. The highest BCUT2D eigenvalue weighted by molar-refractivity contribution is 5.73. The summed E-state index contributed by atoms with van der Waals surface area (Å²) in [7, 11) is 1.48. The molecule has 0 saturated carbocycles. The molecule has 1 aromatic heterocycles. The van der Waals surface area contributed by atoms with E-state index >= 15 is 0 Å². The van der Waals surface area contributed by atoms with E-state index in [0.717, 1.165) is 5.56 Å². The smallest absolute Gasteiger partial charge is 0.179 e. The zero-order valence-electron chi connectivity index (χ0n) is 10.3. The average molecular weight is 261 g/mol. The Labute approximate surface area is 109 Å². The quantitative estimate of drug-likeness (QED) is 0.776. The van der Waals surface area contributed by atoms with Crippen molar-refractivity contribution in [1.82, 2.24) is 4.98 Å². The van der Waals surface area contributed by atoms with Crippen molar-refractivity contribution >= 4 is 6.29 Å². The Bertz CT molecular complexity index is 569. The number of rotatable bonds is 5. The van der Waals surface area contributed by atoms with Gasteiger partial charge in [0.15, 0.2) is 17.8 Å². The van der Waals surface area contributed by atoms with Crippen LogP contribution in [0.4, 0.5) is 4.39 Å². The summed E-state index contributed by atoms with van der Waals surface area (Å²) in [4.78, 5) is 14.5. The van der Waals surface area contributed by atoms with Crippen molar-refractivity contribution in [3.63, 3.8) is 0 Å². The minimum absolute atomic E-state index is 0.263. The number of carbonyl (C=O) groups is 1. The van der Waals surface area contributed by atoms with Crippen LogP contribution in [0.5, 0.6) is 11.5 Å². The van der Waals surface area contributed by atoms with Gasteiger partial charge in [-0.2, -0.15) is 0 Å². The normalized spacial score (nSPS) is 10.0. The molecule has 5 heteroatoms. The summed E-state index contributed by atoms with van der Waals surface area (Å²) in [6.07, 6.45) is 2.05. The fourth-order valence-electron chi connectivity index (χ4n) is 1.51. The molecule has 2 rings (SSSR count). The molecule has 0 bridgehead atoms. The Morgan fingerprint density at radius 2 is 2.00 bits per heavy atom. The van der Waals surface area contributed by atoms with E-state index < -0.39 is 0 Å². The van der Waals surface area contributed by atoms with Crippen LogP contribution in [0.15, 0.2) is 36.5 Å². The molecular weight excluding hydrogens is 249 g/mol. The largest absolute Gasteiger partial charge is 0.493 e. The van der Waals surface area contributed by atoms with Crippen LogP contribution in [-0.4, -0.2) is 18.4 Å². The van der Waals surface area contributed by atoms with E-state index in [1.807, 2.05) is 0 Å². The summed E-state index contributed by atoms with van der Waals surface area (Å²) >= 11 is 0. The number of pyridine rings is 1. The van der Waals surface area contributed by atoms with Crippen molar-refractivity contribution in [2.24, 2.45) is 0 Å². The van der Waals surface area contributed by atoms with Crippen molar-refractivity contribution in [3.8, 4) is 11.5 Å². The lowest BCUT2D eigenvalue weighted by Gasteiger charge is -2.10. The van der Waals surface area contributed by atoms with Crippen molar-refractivity contribution in [2.75, 3.05) is 7.11 Å². The second kappa shape index (κ2) is 5.95. The fraction of sp³-hybridized carbons (Fsp3) is 0.143. The fourth-order valence-corrected chi connectivity index (χ4v) is 1.51. The van der Waals surface area contributed by atoms with Crippen LogP contribution >= 0.6 is 0 Å². The highest BCUT2D eigenvalue weighted by atomic mass is 19.1. The number of nitrogens with zero attached hydrogens (tertiary/aromatic N) is 1. The Hall–Kier alpha value is -2.43. The number of carbonyl (C=O) groups excluding carboxylic acids is 1. The number of halogens is 1. The molecule has 0 spiro atoms. The molecule has 2 aromatic rings. The van der Waals surface area contributed by atoms with Gasteiger partial charge >= 0.3 is 0 Å². The Morgan fingerprint density at radius 3 is 2.63 bits per heavy atom. The van der Waals surface area contributed by atoms with Gasteiger partial charge in [0, 0.05) is 6.07 Å². The average Bonchev–Trinajstić information content (AvgIpc) is 2.46. The summed E-state index contributed by atoms with van der Waals surface area (Å²) in [5.74, 6) is 0.565. The van der Waals surface area contributed by atoms with E-state index in [-0.39, 0.29) is 18.1 Å². The monoisotopic (exact) mass is 261 g/mol. The lowest BCUT2D eigenvalue weighted by atomic mass is 10.2. The van der Waals surface area contributed by atoms with E-state index in [9.17, 15) is 9.18 Å². The predicted octanol–water partition coefficient (Wildman–Crippen LogP) is 2.62. The summed E-state index contributed by atoms with van der Waals surface area (Å²) in [6, 6.07) is 7.49. The Kier molecular flexibility index (Phi) is 4.07. The number of hydrogen-bond donors (Lipinski definition) is 0. The van der Waals surface area contributed by atoms with Crippen molar-refractivity contribution < 1.29 is 18.7 Å². The Balaban J connectivity index is 2.10. The van der Waals surface area contributed by atoms with Crippen LogP contribution in [0.3, 0.4) is 0 Å². The molecule has 19 heavy (non-hydrogen) atoms. The molecule has 1 heterocycles. The van der Waals surface area contributed by atoms with E-state index in [1.165, 1.54) is 31.5 Å². The molecule has 0 radical (unpaired) electrons. The number of benzene rings is 1. The van der Waals surface area contributed by atoms with Gasteiger partial charge in [-0.05, 0) is 17.7 Å². The van der Waals surface area contributed by atoms with Gasteiger partial charge < -0.3 is 9.47 Å². The van der Waals surface area contributed by atoms with Gasteiger partial charge in [-0.25, -0.2) is 9.37 Å². The van der Waals surface area contributed by atoms with Gasteiger partial charge in [-0.1, -0.05) is 12.1 Å². The molecule has 0 aliphatic heterocycles. The third kappa shape index (κ3) is 3.28. The lowest BCUT2D eigenvalue weighted by Crippen LogP contribution is -1.99. The van der Waals surface area contributed by atoms with Gasteiger partial charge in [0.05, 0.1) is 13.3 Å². The molecule has 1 aromatic carbocycles. The summed E-state index contributed by atoms with van der Waals surface area (Å²) < 4.78 is 23.4. The SMILES string of the molecule is COc1cc(C=O)ncc1OCc1ccc(F)cc1. The molecule has 0 aliphatic rings. The van der Waals surface area contributed by atoms with Crippen LogP contribution in [0.25, 0.3) is 0 Å². The number of ether oxygens (including phenoxy) is 2. The summed E-state index contributed by atoms with van der Waals surface area (Å²) in [5.41, 5.74) is 1.09. The zero-order chi connectivity index (χ0) is 13.7. The highest BCUT2D eigenvalue weighted by Crippen LogP contribution is 2.26. The topological polar surface area (TPSA) is 48.4 Å². The van der Waals surface area contributed by atoms with Gasteiger partial charge in [0.2, 0.25) is 0 Å². The molecule has 0 fully saturated rings. The molecule has 0 saturated heterocycles. The first-order valence-electron chi connectivity index (χ1n) is 5.59. The third-order valence-electron chi connectivity index (χ3n) is 2.50. The number of aromatic nitrogens is 1. The molecule has 0 aliphatic carbocycles. The predicted molar refractivity (Wildman–Crippen MR) is 66.9 cm³/mol. The van der Waals surface area contributed by atoms with Gasteiger partial charge in [-0.3, -0.25) is 4.79 Å².